The summed E-state index contributed by atoms with van der Waals surface area (Å²) in [5, 5.41) is 0. The lowest BCUT2D eigenvalue weighted by Gasteiger charge is -2.23. The molecule has 96 heavy (non-hydrogen) atoms. The molecule has 0 saturated carbocycles. The quantitative estimate of drug-likeness (QED) is 0.0364. The highest BCUT2D eigenvalue weighted by molar-refractivity contribution is 5.56. The van der Waals surface area contributed by atoms with Crippen molar-refractivity contribution in [3.63, 3.8) is 0 Å². The zero-order valence-electron chi connectivity index (χ0n) is 63.8. The van der Waals surface area contributed by atoms with Crippen LogP contribution in [-0.4, -0.2) is 26.4 Å². The van der Waals surface area contributed by atoms with Gasteiger partial charge in [-0.1, -0.05) is 434 Å². The average Bonchev–Trinajstić information content (AvgIpc) is 0.813. The highest BCUT2D eigenvalue weighted by atomic mass is 16.5. The fourth-order valence-corrected chi connectivity index (χ4v) is 15.1. The molecule has 544 valence electrons. The molecule has 0 heterocycles. The minimum absolute atomic E-state index is 0.740. The highest BCUT2D eigenvalue weighted by Crippen LogP contribution is 2.40. The molecule has 0 unspecified atom stereocenters. The summed E-state index contributed by atoms with van der Waals surface area (Å²) in [6.45, 7) is 12.2. The first-order valence-electron chi connectivity index (χ1n) is 42.6. The van der Waals surface area contributed by atoms with Crippen LogP contribution >= 0.6 is 0 Å². The van der Waals surface area contributed by atoms with E-state index in [4.69, 9.17) is 18.9 Å². The van der Waals surface area contributed by atoms with Crippen molar-refractivity contribution in [1.29, 1.82) is 0 Å². The molecular weight excluding hydrogens is 1170 g/mol. The van der Waals surface area contributed by atoms with E-state index < -0.39 is 0 Å². The van der Waals surface area contributed by atoms with E-state index in [1.54, 1.807) is 0 Å². The first-order valence-corrected chi connectivity index (χ1v) is 42.6. The van der Waals surface area contributed by atoms with Crippen LogP contribution in [0.1, 0.15) is 432 Å². The molecule has 5 rings (SSSR count). The Balaban J connectivity index is 1.33. The van der Waals surface area contributed by atoms with Gasteiger partial charge in [0.15, 0.2) is 0 Å². The second-order valence-electron chi connectivity index (χ2n) is 30.1. The topological polar surface area (TPSA) is 36.9 Å². The lowest BCUT2D eigenvalue weighted by molar-refractivity contribution is 0.292. The molecule has 0 amide bonds. The highest BCUT2D eigenvalue weighted by Gasteiger charge is 2.22. The number of para-hydroxylation sites is 4. The molecule has 1 aliphatic carbocycles. The van der Waals surface area contributed by atoms with E-state index in [2.05, 4.69) is 100 Å². The van der Waals surface area contributed by atoms with Crippen molar-refractivity contribution in [2.45, 2.75) is 413 Å². The number of benzene rings is 4. The van der Waals surface area contributed by atoms with Gasteiger partial charge in [-0.2, -0.15) is 0 Å². The molecule has 0 radical (unpaired) electrons. The maximum Gasteiger partial charge on any atom is 0.126 e. The second kappa shape index (κ2) is 58.8. The van der Waals surface area contributed by atoms with Gasteiger partial charge in [0.25, 0.3) is 0 Å². The molecule has 0 saturated heterocycles. The summed E-state index contributed by atoms with van der Waals surface area (Å²) >= 11 is 0. The lowest BCUT2D eigenvalue weighted by Crippen LogP contribution is -2.10. The first-order chi connectivity index (χ1) is 47.7. The molecule has 8 bridgehead atoms. The van der Waals surface area contributed by atoms with E-state index in [9.17, 15) is 0 Å². The van der Waals surface area contributed by atoms with Gasteiger partial charge < -0.3 is 18.9 Å². The lowest BCUT2D eigenvalue weighted by atomic mass is 9.91. The van der Waals surface area contributed by atoms with Gasteiger partial charge in [0.1, 0.15) is 23.0 Å². The molecular formula is C92H152O4. The smallest absolute Gasteiger partial charge is 0.126 e. The molecule has 0 aliphatic heterocycles. The Morgan fingerprint density at radius 1 is 0.167 bits per heavy atom. The van der Waals surface area contributed by atoms with Gasteiger partial charge in [-0.15, -0.1) is 0 Å². The van der Waals surface area contributed by atoms with E-state index in [1.807, 2.05) is 0 Å². The molecule has 4 aromatic rings. The Kier molecular flexibility index (Phi) is 50.7. The normalized spacial score (nSPS) is 12.2. The first kappa shape index (κ1) is 82.7. The van der Waals surface area contributed by atoms with Gasteiger partial charge in [-0.25, -0.2) is 0 Å². The summed E-state index contributed by atoms with van der Waals surface area (Å²) in [5.41, 5.74) is 10.0. The number of fused-ring (bicyclic) bond motifs is 8. The fraction of sp³-hybridized carbons (Fsp3) is 0.739. The largest absolute Gasteiger partial charge is 0.493 e. The summed E-state index contributed by atoms with van der Waals surface area (Å²) < 4.78 is 28.7. The summed E-state index contributed by atoms with van der Waals surface area (Å²) in [7, 11) is 0. The molecule has 4 heteroatoms. The van der Waals surface area contributed by atoms with Gasteiger partial charge >= 0.3 is 0 Å². The average molecular weight is 1320 g/mol. The third kappa shape index (κ3) is 38.6. The molecule has 0 atom stereocenters. The van der Waals surface area contributed by atoms with Gasteiger partial charge in [-0.05, 0) is 70.2 Å². The molecule has 4 nitrogen and oxygen atoms in total. The number of hydrogen-bond acceptors (Lipinski definition) is 4. The number of ether oxygens (including phenoxy) is 4. The van der Waals surface area contributed by atoms with E-state index in [-0.39, 0.29) is 0 Å². The van der Waals surface area contributed by atoms with Gasteiger partial charge in [0.05, 0.1) is 26.4 Å². The Bertz CT molecular complexity index is 2000. The van der Waals surface area contributed by atoms with Crippen molar-refractivity contribution >= 4 is 0 Å². The molecule has 0 fully saturated rings. The van der Waals surface area contributed by atoms with E-state index in [0.717, 1.165) is 101 Å². The van der Waals surface area contributed by atoms with Crippen LogP contribution in [0, 0.1) is 0 Å². The Hall–Kier alpha value is -3.92. The van der Waals surface area contributed by atoms with Crippen molar-refractivity contribution in [3.8, 4) is 23.0 Å². The summed E-state index contributed by atoms with van der Waals surface area (Å²) in [5.74, 6) is 4.26. The third-order valence-corrected chi connectivity index (χ3v) is 21.2. The molecule has 0 N–H and O–H groups in total. The Labute approximate surface area is 595 Å². The summed E-state index contributed by atoms with van der Waals surface area (Å²) in [6, 6.07) is 27.9. The van der Waals surface area contributed by atoms with E-state index >= 15 is 0 Å². The van der Waals surface area contributed by atoms with Crippen LogP contribution in [0.15, 0.2) is 72.8 Å². The van der Waals surface area contributed by atoms with Crippen molar-refractivity contribution < 1.29 is 18.9 Å². The van der Waals surface area contributed by atoms with E-state index in [0.29, 0.717) is 0 Å². The Morgan fingerprint density at radius 2 is 0.281 bits per heavy atom. The maximum atomic E-state index is 7.18. The van der Waals surface area contributed by atoms with Crippen molar-refractivity contribution in [2.24, 2.45) is 0 Å². The standard InChI is InChI=1S/C92H152O4/c1-5-9-13-17-21-25-29-33-37-41-45-49-53-57-73-93-89-81-65-61-66-82(89)78-84-68-63-70-86(91(84)95-75-59-55-51-47-43-39-35-31-27-23-19-15-11-7-3)80-88-72-64-71-87(92(88)96-76-60-56-52-48-44-40-36-32-28-24-20-16-12-8-4)79-85-69-62-67-83(77-81)90(85)94-74-58-54-50-46-42-38-34-30-26-22-18-14-10-6-2/h61-72H,5-60,73-80H2,1-4H3. The van der Waals surface area contributed by atoms with E-state index in [1.165, 1.54) is 378 Å². The minimum Gasteiger partial charge on any atom is -0.493 e. The van der Waals surface area contributed by atoms with Crippen LogP contribution in [0.3, 0.4) is 0 Å². The van der Waals surface area contributed by atoms with Crippen LogP contribution in [0.5, 0.6) is 23.0 Å². The number of hydrogen-bond donors (Lipinski definition) is 0. The van der Waals surface area contributed by atoms with Crippen LogP contribution in [0.4, 0.5) is 0 Å². The van der Waals surface area contributed by atoms with Crippen molar-refractivity contribution in [2.75, 3.05) is 26.4 Å². The molecule has 1 aliphatic rings. The van der Waals surface area contributed by atoms with Crippen molar-refractivity contribution in [3.05, 3.63) is 117 Å². The van der Waals surface area contributed by atoms with Gasteiger partial charge in [0, 0.05) is 25.7 Å². The number of unbranched alkanes of at least 4 members (excludes halogenated alkanes) is 52. The van der Waals surface area contributed by atoms with Crippen LogP contribution in [0.25, 0.3) is 0 Å². The zero-order chi connectivity index (χ0) is 67.5. The molecule has 4 aromatic carbocycles. The van der Waals surface area contributed by atoms with Crippen LogP contribution < -0.4 is 18.9 Å². The summed E-state index contributed by atoms with van der Waals surface area (Å²) in [6.07, 6.45) is 78.9. The SMILES string of the molecule is CCCCCCCCCCCCCCCCOc1c2cccc1Cc1cccc(c1OCCCCCCCCCCCCCCCC)Cc1cccc(c1OCCCCCCCCCCCCCCCC)Cc1cccc(c1OCCCCCCCCCCCCCCCC)C2. The zero-order valence-corrected chi connectivity index (χ0v) is 63.8. The fourth-order valence-electron chi connectivity index (χ4n) is 15.1. The third-order valence-electron chi connectivity index (χ3n) is 21.2. The van der Waals surface area contributed by atoms with Gasteiger partial charge in [-0.3, -0.25) is 0 Å². The van der Waals surface area contributed by atoms with Gasteiger partial charge in [0.2, 0.25) is 0 Å². The predicted octanol–water partition coefficient (Wildman–Crippen LogP) is 29.8. The number of rotatable bonds is 64. The van der Waals surface area contributed by atoms with Crippen LogP contribution in [-0.2, 0) is 25.7 Å². The Morgan fingerprint density at radius 3 is 0.406 bits per heavy atom. The van der Waals surface area contributed by atoms with Crippen molar-refractivity contribution in [1.82, 2.24) is 0 Å². The predicted molar refractivity (Wildman–Crippen MR) is 420 cm³/mol. The second-order valence-corrected chi connectivity index (χ2v) is 30.1. The maximum absolute atomic E-state index is 7.18. The summed E-state index contributed by atoms with van der Waals surface area (Å²) in [4.78, 5) is 0. The van der Waals surface area contributed by atoms with Crippen LogP contribution in [0.2, 0.25) is 0 Å². The molecule has 0 spiro atoms. The minimum atomic E-state index is 0.740. The molecule has 0 aromatic heterocycles. The monoisotopic (exact) mass is 1320 g/mol.